The topological polar surface area (TPSA) is 84.2 Å². The Hall–Kier alpha value is -3.55. The van der Waals surface area contributed by atoms with Gasteiger partial charge in [-0.05, 0) is 48.2 Å². The van der Waals surface area contributed by atoms with Crippen LogP contribution in [0, 0.1) is 12.3 Å². The summed E-state index contributed by atoms with van der Waals surface area (Å²) in [6.45, 7) is 12.1. The van der Waals surface area contributed by atoms with Gasteiger partial charge in [-0.15, -0.1) is 0 Å². The van der Waals surface area contributed by atoms with Crippen molar-refractivity contribution in [2.75, 3.05) is 11.9 Å². The van der Waals surface area contributed by atoms with E-state index >= 15 is 0 Å². The van der Waals surface area contributed by atoms with Crippen LogP contribution in [0.15, 0.2) is 60.8 Å². The number of rotatable bonds is 7. The van der Waals surface area contributed by atoms with Crippen LogP contribution in [-0.4, -0.2) is 18.2 Å². The zero-order valence-electron chi connectivity index (χ0n) is 19.1. The fraction of sp³-hybridized carbons (Fsp3) is 0.280. The van der Waals surface area contributed by atoms with Gasteiger partial charge in [-0.25, -0.2) is 0 Å². The summed E-state index contributed by atoms with van der Waals surface area (Å²) in [5.41, 5.74) is 7.01. The van der Waals surface area contributed by atoms with E-state index in [4.69, 9.17) is 5.73 Å². The summed E-state index contributed by atoms with van der Waals surface area (Å²) in [7, 11) is 0. The van der Waals surface area contributed by atoms with Crippen LogP contribution in [0.5, 0.6) is 0 Å². The molecule has 0 fully saturated rings. The molecule has 0 aliphatic heterocycles. The van der Waals surface area contributed by atoms with Crippen LogP contribution >= 0.6 is 0 Å². The summed E-state index contributed by atoms with van der Waals surface area (Å²) < 4.78 is 38.8. The number of alkyl halides is 3. The minimum Gasteiger partial charge on any atom is -0.398 e. The number of hydrogen-bond acceptors (Lipinski definition) is 4. The van der Waals surface area contributed by atoms with Crippen LogP contribution in [0.4, 0.5) is 18.9 Å². The highest BCUT2D eigenvalue weighted by atomic mass is 19.4. The average Bonchev–Trinajstić information content (AvgIpc) is 2.72. The Labute approximate surface area is 191 Å². The molecule has 0 unspecified atom stereocenters. The fourth-order valence-electron chi connectivity index (χ4n) is 2.82. The van der Waals surface area contributed by atoms with E-state index in [-0.39, 0.29) is 28.2 Å². The maximum atomic E-state index is 12.9. The second-order valence-electron chi connectivity index (χ2n) is 8.92. The number of amides is 1. The van der Waals surface area contributed by atoms with Crippen molar-refractivity contribution in [3.8, 4) is 0 Å². The quantitative estimate of drug-likeness (QED) is 0.492. The first-order chi connectivity index (χ1) is 15.2. The molecular formula is C25H28F3N3O2. The normalized spacial score (nSPS) is 12.3. The van der Waals surface area contributed by atoms with Gasteiger partial charge >= 0.3 is 6.18 Å². The SMILES string of the molecule is C=C(NCC(C)(C)C)C(=O)C=C(N)c1cc(NC(=O)c2cccc(C(F)(F)F)c2)ccc1C. The van der Waals surface area contributed by atoms with E-state index in [1.165, 1.54) is 18.2 Å². The van der Waals surface area contributed by atoms with E-state index in [2.05, 4.69) is 17.2 Å². The third-order valence-electron chi connectivity index (χ3n) is 4.67. The van der Waals surface area contributed by atoms with Gasteiger partial charge in [0, 0.05) is 35.1 Å². The van der Waals surface area contributed by atoms with Gasteiger partial charge in [0.2, 0.25) is 5.78 Å². The molecule has 0 saturated carbocycles. The number of anilines is 1. The molecule has 0 aliphatic rings. The molecule has 0 saturated heterocycles. The van der Waals surface area contributed by atoms with E-state index < -0.39 is 17.6 Å². The minimum atomic E-state index is -4.55. The number of nitrogens with two attached hydrogens (primary N) is 1. The maximum Gasteiger partial charge on any atom is 0.416 e. The number of carbonyl (C=O) groups is 2. The lowest BCUT2D eigenvalue weighted by atomic mass is 9.97. The molecule has 0 atom stereocenters. The molecule has 0 radical (unpaired) electrons. The van der Waals surface area contributed by atoms with Gasteiger partial charge in [-0.3, -0.25) is 9.59 Å². The smallest absolute Gasteiger partial charge is 0.398 e. The minimum absolute atomic E-state index is 0.0405. The fourth-order valence-corrected chi connectivity index (χ4v) is 2.82. The highest BCUT2D eigenvalue weighted by Crippen LogP contribution is 2.30. The van der Waals surface area contributed by atoms with E-state index in [9.17, 15) is 22.8 Å². The molecule has 0 bridgehead atoms. The van der Waals surface area contributed by atoms with Gasteiger partial charge < -0.3 is 16.4 Å². The van der Waals surface area contributed by atoms with E-state index in [1.54, 1.807) is 25.1 Å². The van der Waals surface area contributed by atoms with Gasteiger partial charge in [-0.2, -0.15) is 13.2 Å². The molecule has 176 valence electrons. The summed E-state index contributed by atoms with van der Waals surface area (Å²) in [4.78, 5) is 24.9. The number of aryl methyl sites for hydroxylation is 1. The summed E-state index contributed by atoms with van der Waals surface area (Å²) >= 11 is 0. The molecule has 8 heteroatoms. The molecule has 2 aromatic rings. The molecule has 0 aliphatic carbocycles. The van der Waals surface area contributed by atoms with Crippen molar-refractivity contribution in [1.29, 1.82) is 0 Å². The third-order valence-corrected chi connectivity index (χ3v) is 4.67. The van der Waals surface area contributed by atoms with Crippen LogP contribution in [0.2, 0.25) is 0 Å². The second kappa shape index (κ2) is 9.94. The monoisotopic (exact) mass is 459 g/mol. The van der Waals surface area contributed by atoms with Crippen molar-refractivity contribution < 1.29 is 22.8 Å². The van der Waals surface area contributed by atoms with E-state index in [1.807, 2.05) is 20.8 Å². The Bertz CT molecular complexity index is 1100. The molecule has 0 spiro atoms. The van der Waals surface area contributed by atoms with Crippen molar-refractivity contribution >= 4 is 23.1 Å². The van der Waals surface area contributed by atoms with Crippen molar-refractivity contribution in [3.63, 3.8) is 0 Å². The second-order valence-corrected chi connectivity index (χ2v) is 8.92. The number of benzene rings is 2. The van der Waals surface area contributed by atoms with Crippen molar-refractivity contribution in [1.82, 2.24) is 5.32 Å². The number of nitrogens with one attached hydrogen (secondary N) is 2. The van der Waals surface area contributed by atoms with Crippen LogP contribution in [0.3, 0.4) is 0 Å². The molecule has 2 aromatic carbocycles. The first kappa shape index (κ1) is 25.7. The Morgan fingerprint density at radius 2 is 1.76 bits per heavy atom. The van der Waals surface area contributed by atoms with Crippen LogP contribution < -0.4 is 16.4 Å². The van der Waals surface area contributed by atoms with Gasteiger partial charge in [0.05, 0.1) is 11.3 Å². The predicted octanol–water partition coefficient (Wildman–Crippen LogP) is 5.28. The zero-order valence-corrected chi connectivity index (χ0v) is 19.1. The summed E-state index contributed by atoms with van der Waals surface area (Å²) in [5.74, 6) is -1.08. The molecule has 5 nitrogen and oxygen atoms in total. The lowest BCUT2D eigenvalue weighted by Gasteiger charge is -2.19. The first-order valence-corrected chi connectivity index (χ1v) is 10.2. The molecule has 4 N–H and O–H groups in total. The zero-order chi connectivity index (χ0) is 25.0. The highest BCUT2D eigenvalue weighted by molar-refractivity contribution is 6.07. The Morgan fingerprint density at radius 1 is 1.09 bits per heavy atom. The Kier molecular flexibility index (Phi) is 7.74. The van der Waals surface area contributed by atoms with E-state index in [0.717, 1.165) is 17.7 Å². The van der Waals surface area contributed by atoms with Gasteiger partial charge in [0.25, 0.3) is 5.91 Å². The number of halogens is 3. The standard InChI is InChI=1S/C25H28F3N3O2/c1-15-9-10-19(31-23(33)17-7-6-8-18(11-17)25(26,27)28)12-20(15)21(29)13-22(32)16(2)30-14-24(3,4)5/h6-13,30H,2,14,29H2,1,3-5H3,(H,31,33). The summed E-state index contributed by atoms with van der Waals surface area (Å²) in [6.07, 6.45) is -3.30. The number of ketones is 1. The highest BCUT2D eigenvalue weighted by Gasteiger charge is 2.30. The molecule has 2 rings (SSSR count). The summed E-state index contributed by atoms with van der Waals surface area (Å²) in [6, 6.07) is 9.00. The lowest BCUT2D eigenvalue weighted by molar-refractivity contribution is -0.137. The summed E-state index contributed by atoms with van der Waals surface area (Å²) in [5, 5.41) is 5.55. The Balaban J connectivity index is 2.20. The van der Waals surface area contributed by atoms with Gasteiger partial charge in [0.15, 0.2) is 0 Å². The molecule has 1 amide bonds. The average molecular weight is 460 g/mol. The maximum absolute atomic E-state index is 12.9. The molecular weight excluding hydrogens is 431 g/mol. The largest absolute Gasteiger partial charge is 0.416 e. The van der Waals surface area contributed by atoms with Gasteiger partial charge in [0.1, 0.15) is 0 Å². The number of hydrogen-bond donors (Lipinski definition) is 3. The first-order valence-electron chi connectivity index (χ1n) is 10.2. The Morgan fingerprint density at radius 3 is 2.36 bits per heavy atom. The van der Waals surface area contributed by atoms with Crippen molar-refractivity contribution in [2.45, 2.75) is 33.9 Å². The van der Waals surface area contributed by atoms with Crippen molar-refractivity contribution in [2.24, 2.45) is 11.1 Å². The number of allylic oxidation sites excluding steroid dienone is 1. The van der Waals surface area contributed by atoms with Gasteiger partial charge in [-0.1, -0.05) is 39.5 Å². The molecule has 0 aromatic heterocycles. The molecule has 0 heterocycles. The molecule has 33 heavy (non-hydrogen) atoms. The number of carbonyl (C=O) groups excluding carboxylic acids is 2. The lowest BCUT2D eigenvalue weighted by Crippen LogP contribution is -2.28. The van der Waals surface area contributed by atoms with Crippen LogP contribution in [0.25, 0.3) is 5.70 Å². The van der Waals surface area contributed by atoms with Crippen LogP contribution in [0.1, 0.15) is 47.8 Å². The van der Waals surface area contributed by atoms with E-state index in [0.29, 0.717) is 17.8 Å². The van der Waals surface area contributed by atoms with Crippen LogP contribution in [-0.2, 0) is 11.0 Å². The predicted molar refractivity (Wildman–Crippen MR) is 124 cm³/mol. The van der Waals surface area contributed by atoms with Crippen molar-refractivity contribution in [3.05, 3.63) is 83.1 Å². The third kappa shape index (κ3) is 7.52.